The van der Waals surface area contributed by atoms with E-state index in [4.69, 9.17) is 21.9 Å². The molecule has 0 unspecified atom stereocenters. The Kier molecular flexibility index (Phi) is 5.41. The van der Waals surface area contributed by atoms with Gasteiger partial charge in [0.25, 0.3) is 0 Å². The molecule has 7 nitrogen and oxygen atoms in total. The van der Waals surface area contributed by atoms with Gasteiger partial charge in [0.05, 0.1) is 7.11 Å². The second-order valence-electron chi connectivity index (χ2n) is 4.65. The van der Waals surface area contributed by atoms with E-state index in [9.17, 15) is 9.90 Å². The number of benzene rings is 1. The van der Waals surface area contributed by atoms with Gasteiger partial charge in [-0.25, -0.2) is 4.98 Å². The van der Waals surface area contributed by atoms with Gasteiger partial charge in [0.1, 0.15) is 6.04 Å². The van der Waals surface area contributed by atoms with E-state index < -0.39 is 17.9 Å². The monoisotopic (exact) mass is 332 g/mol. The molecule has 2 atom stereocenters. The minimum atomic E-state index is -1.31. The zero-order chi connectivity index (χ0) is 16.8. The van der Waals surface area contributed by atoms with Gasteiger partial charge in [-0.15, -0.1) is 0 Å². The topological polar surface area (TPSA) is 108 Å². The van der Waals surface area contributed by atoms with Gasteiger partial charge >= 0.3 is 5.97 Å². The number of halogens is 1. The SMILES string of the molecule is COc1ccc([C@@H](c2ccc(Cl)cc2)[C@H](N=[N+]=[N-])C(=O)O)cn1. The molecule has 0 saturated carbocycles. The smallest absolute Gasteiger partial charge is 0.313 e. The average molecular weight is 333 g/mol. The van der Waals surface area contributed by atoms with Crippen LogP contribution in [0.3, 0.4) is 0 Å². The molecule has 0 aliphatic carbocycles. The Hall–Kier alpha value is -2.76. The van der Waals surface area contributed by atoms with Crippen LogP contribution in [0.15, 0.2) is 47.7 Å². The molecule has 1 heterocycles. The van der Waals surface area contributed by atoms with Crippen molar-refractivity contribution in [3.05, 3.63) is 69.2 Å². The van der Waals surface area contributed by atoms with Gasteiger partial charge in [0.15, 0.2) is 0 Å². The lowest BCUT2D eigenvalue weighted by atomic mass is 9.86. The summed E-state index contributed by atoms with van der Waals surface area (Å²) in [6.07, 6.45) is 1.50. The molecule has 2 rings (SSSR count). The fraction of sp³-hybridized carbons (Fsp3) is 0.200. The first kappa shape index (κ1) is 16.6. The van der Waals surface area contributed by atoms with E-state index in [1.165, 1.54) is 13.3 Å². The highest BCUT2D eigenvalue weighted by atomic mass is 35.5. The van der Waals surface area contributed by atoms with E-state index in [1.54, 1.807) is 36.4 Å². The van der Waals surface area contributed by atoms with Gasteiger partial charge in [0.2, 0.25) is 5.88 Å². The number of hydrogen-bond donors (Lipinski definition) is 1. The van der Waals surface area contributed by atoms with Crippen molar-refractivity contribution in [2.45, 2.75) is 12.0 Å². The molecule has 1 N–H and O–H groups in total. The molecule has 0 saturated heterocycles. The minimum Gasteiger partial charge on any atom is -0.481 e. The lowest BCUT2D eigenvalue weighted by Gasteiger charge is -2.21. The highest BCUT2D eigenvalue weighted by Crippen LogP contribution is 2.31. The van der Waals surface area contributed by atoms with Gasteiger partial charge < -0.3 is 9.84 Å². The molecule has 0 spiro atoms. The highest BCUT2D eigenvalue weighted by Gasteiger charge is 2.30. The van der Waals surface area contributed by atoms with Crippen molar-refractivity contribution in [2.75, 3.05) is 7.11 Å². The van der Waals surface area contributed by atoms with Crippen molar-refractivity contribution in [2.24, 2.45) is 5.11 Å². The molecule has 0 amide bonds. The molecule has 0 fully saturated rings. The Morgan fingerprint density at radius 2 is 1.96 bits per heavy atom. The molecular formula is C15H13ClN4O3. The van der Waals surface area contributed by atoms with Crippen molar-refractivity contribution >= 4 is 17.6 Å². The van der Waals surface area contributed by atoms with E-state index in [1.807, 2.05) is 0 Å². The third-order valence-electron chi connectivity index (χ3n) is 3.30. The van der Waals surface area contributed by atoms with Crippen LogP contribution in [0.2, 0.25) is 5.02 Å². The third kappa shape index (κ3) is 3.91. The predicted molar refractivity (Wildman–Crippen MR) is 84.7 cm³/mol. The number of aliphatic carboxylic acids is 1. The Bertz CT molecular complexity index is 725. The summed E-state index contributed by atoms with van der Waals surface area (Å²) < 4.78 is 5.00. The fourth-order valence-electron chi connectivity index (χ4n) is 2.24. The van der Waals surface area contributed by atoms with E-state index in [0.717, 1.165) is 0 Å². The fourth-order valence-corrected chi connectivity index (χ4v) is 2.36. The Balaban J connectivity index is 2.55. The number of pyridine rings is 1. The van der Waals surface area contributed by atoms with Crippen LogP contribution in [0.5, 0.6) is 5.88 Å². The van der Waals surface area contributed by atoms with Crippen LogP contribution in [0.4, 0.5) is 0 Å². The number of nitrogens with zero attached hydrogens (tertiary/aromatic N) is 4. The molecule has 23 heavy (non-hydrogen) atoms. The first-order chi connectivity index (χ1) is 11.1. The maximum atomic E-state index is 11.5. The molecule has 8 heteroatoms. The summed E-state index contributed by atoms with van der Waals surface area (Å²) >= 11 is 5.88. The van der Waals surface area contributed by atoms with Crippen LogP contribution in [-0.2, 0) is 4.79 Å². The van der Waals surface area contributed by atoms with E-state index in [2.05, 4.69) is 15.0 Å². The molecule has 1 aromatic heterocycles. The lowest BCUT2D eigenvalue weighted by Crippen LogP contribution is -2.26. The molecule has 0 aliphatic rings. The molecule has 118 valence electrons. The number of carboxylic acid groups (broad SMARTS) is 1. The second-order valence-corrected chi connectivity index (χ2v) is 5.09. The third-order valence-corrected chi connectivity index (χ3v) is 3.55. The lowest BCUT2D eigenvalue weighted by molar-refractivity contribution is -0.138. The Morgan fingerprint density at radius 1 is 1.30 bits per heavy atom. The number of hydrogen-bond acceptors (Lipinski definition) is 4. The molecule has 1 aromatic carbocycles. The largest absolute Gasteiger partial charge is 0.481 e. The molecule has 0 bridgehead atoms. The minimum absolute atomic E-state index is 0.402. The summed E-state index contributed by atoms with van der Waals surface area (Å²) in [5, 5.41) is 13.4. The summed E-state index contributed by atoms with van der Waals surface area (Å²) in [5.74, 6) is -1.52. The molecule has 0 radical (unpaired) electrons. The second kappa shape index (κ2) is 7.49. The van der Waals surface area contributed by atoms with Gasteiger partial charge in [-0.3, -0.25) is 4.79 Å². The zero-order valence-electron chi connectivity index (χ0n) is 12.1. The number of carbonyl (C=O) groups is 1. The van der Waals surface area contributed by atoms with Crippen LogP contribution in [0.25, 0.3) is 10.4 Å². The Labute approximate surface area is 137 Å². The van der Waals surface area contributed by atoms with Crippen LogP contribution in [0.1, 0.15) is 17.0 Å². The summed E-state index contributed by atoms with van der Waals surface area (Å²) in [4.78, 5) is 18.3. The van der Waals surface area contributed by atoms with Gasteiger partial charge in [-0.2, -0.15) is 0 Å². The number of aromatic nitrogens is 1. The number of azide groups is 1. The molecular weight excluding hydrogens is 320 g/mol. The highest BCUT2D eigenvalue weighted by molar-refractivity contribution is 6.30. The first-order valence-electron chi connectivity index (χ1n) is 6.59. The van der Waals surface area contributed by atoms with Crippen molar-refractivity contribution in [3.63, 3.8) is 0 Å². The van der Waals surface area contributed by atoms with Crippen LogP contribution in [0, 0.1) is 0 Å². The van der Waals surface area contributed by atoms with E-state index >= 15 is 0 Å². The van der Waals surface area contributed by atoms with E-state index in [0.29, 0.717) is 22.0 Å². The van der Waals surface area contributed by atoms with Gasteiger partial charge in [0, 0.05) is 28.1 Å². The predicted octanol–water partition coefficient (Wildman–Crippen LogP) is 3.64. The van der Waals surface area contributed by atoms with Crippen molar-refractivity contribution in [3.8, 4) is 5.88 Å². The molecule has 2 aromatic rings. The van der Waals surface area contributed by atoms with Crippen LogP contribution >= 0.6 is 11.6 Å². The first-order valence-corrected chi connectivity index (χ1v) is 6.97. The number of methoxy groups -OCH3 is 1. The average Bonchev–Trinajstić information content (AvgIpc) is 2.56. The van der Waals surface area contributed by atoms with E-state index in [-0.39, 0.29) is 0 Å². The maximum absolute atomic E-state index is 11.5. The molecule has 0 aliphatic heterocycles. The quantitative estimate of drug-likeness (QED) is 0.494. The Morgan fingerprint density at radius 3 is 2.43 bits per heavy atom. The number of ether oxygens (including phenoxy) is 1. The summed E-state index contributed by atoms with van der Waals surface area (Å²) in [6, 6.07) is 8.68. The number of rotatable bonds is 6. The van der Waals surface area contributed by atoms with Gasteiger partial charge in [-0.1, -0.05) is 34.9 Å². The van der Waals surface area contributed by atoms with Crippen molar-refractivity contribution < 1.29 is 14.6 Å². The standard InChI is InChI=1S/C15H13ClN4O3/c1-23-12-7-4-10(8-18-12)13(14(15(21)22)19-20-17)9-2-5-11(16)6-3-9/h2-8,13-14H,1H3,(H,21,22)/t13-,14+/m1/s1. The summed E-state index contributed by atoms with van der Waals surface area (Å²) in [5.41, 5.74) is 9.94. The van der Waals surface area contributed by atoms with Crippen LogP contribution < -0.4 is 4.74 Å². The summed E-state index contributed by atoms with van der Waals surface area (Å²) in [6.45, 7) is 0. The maximum Gasteiger partial charge on any atom is 0.313 e. The summed E-state index contributed by atoms with van der Waals surface area (Å²) in [7, 11) is 1.48. The van der Waals surface area contributed by atoms with Crippen molar-refractivity contribution in [1.29, 1.82) is 0 Å². The van der Waals surface area contributed by atoms with Crippen LogP contribution in [-0.4, -0.2) is 29.2 Å². The normalized spacial score (nSPS) is 12.8. The van der Waals surface area contributed by atoms with Gasteiger partial charge in [-0.05, 0) is 28.8 Å². The van der Waals surface area contributed by atoms with Crippen molar-refractivity contribution in [1.82, 2.24) is 4.98 Å². The number of carboxylic acids is 1. The zero-order valence-corrected chi connectivity index (χ0v) is 12.9.